The molecule has 4 nitrogen and oxygen atoms in total. The molecule has 1 saturated heterocycles. The zero-order valence-electron chi connectivity index (χ0n) is 13.3. The van der Waals surface area contributed by atoms with Gasteiger partial charge in [0.05, 0.1) is 0 Å². The van der Waals surface area contributed by atoms with Gasteiger partial charge in [0.1, 0.15) is 11.6 Å². The molecule has 1 fully saturated rings. The Morgan fingerprint density at radius 2 is 2.00 bits per heavy atom. The first-order valence-electron chi connectivity index (χ1n) is 7.54. The van der Waals surface area contributed by atoms with E-state index in [0.29, 0.717) is 13.0 Å². The van der Waals surface area contributed by atoms with Crippen LogP contribution >= 0.6 is 0 Å². The van der Waals surface area contributed by atoms with Gasteiger partial charge in [0.25, 0.3) is 0 Å². The van der Waals surface area contributed by atoms with Crippen molar-refractivity contribution in [3.8, 4) is 0 Å². The van der Waals surface area contributed by atoms with Crippen LogP contribution in [0.3, 0.4) is 0 Å². The highest BCUT2D eigenvalue weighted by atomic mass is 16.2. The van der Waals surface area contributed by atoms with Crippen molar-refractivity contribution >= 4 is 11.8 Å². The first-order valence-corrected chi connectivity index (χ1v) is 7.54. The van der Waals surface area contributed by atoms with E-state index in [0.717, 1.165) is 6.42 Å². The largest absolute Gasteiger partial charge is 0.340 e. The van der Waals surface area contributed by atoms with Gasteiger partial charge in [0, 0.05) is 6.54 Å². The summed E-state index contributed by atoms with van der Waals surface area (Å²) >= 11 is 0. The zero-order valence-corrected chi connectivity index (χ0v) is 13.3. The number of aryl methyl sites for hydroxylation is 1. The summed E-state index contributed by atoms with van der Waals surface area (Å²) in [5.74, 6) is -0.0482. The van der Waals surface area contributed by atoms with E-state index in [9.17, 15) is 9.59 Å². The Labute approximate surface area is 126 Å². The quantitative estimate of drug-likeness (QED) is 0.922. The van der Waals surface area contributed by atoms with Crippen LogP contribution in [-0.4, -0.2) is 34.8 Å². The van der Waals surface area contributed by atoms with Crippen LogP contribution in [-0.2, 0) is 16.0 Å². The zero-order chi connectivity index (χ0) is 15.6. The van der Waals surface area contributed by atoms with E-state index in [-0.39, 0.29) is 17.9 Å². The number of piperazine rings is 1. The molecule has 4 heteroatoms. The summed E-state index contributed by atoms with van der Waals surface area (Å²) in [7, 11) is 0. The predicted molar refractivity (Wildman–Crippen MR) is 82.9 cm³/mol. The van der Waals surface area contributed by atoms with E-state index in [1.807, 2.05) is 13.0 Å². The number of rotatable bonds is 4. The third kappa shape index (κ3) is 3.26. The molecule has 1 aliphatic rings. The topological polar surface area (TPSA) is 49.4 Å². The van der Waals surface area contributed by atoms with Crippen LogP contribution in [0.1, 0.15) is 38.3 Å². The molecule has 0 spiro atoms. The average molecular weight is 288 g/mol. The summed E-state index contributed by atoms with van der Waals surface area (Å²) in [5, 5.41) is 2.81. The maximum Gasteiger partial charge on any atom is 0.248 e. The normalized spacial score (nSPS) is 21.3. The first kappa shape index (κ1) is 15.5. The molecular weight excluding hydrogens is 264 g/mol. The Morgan fingerprint density at radius 3 is 2.62 bits per heavy atom. The summed E-state index contributed by atoms with van der Waals surface area (Å²) in [5.41, 5.74) is 1.60. The van der Waals surface area contributed by atoms with Gasteiger partial charge in [-0.25, -0.2) is 0 Å². The highest BCUT2D eigenvalue weighted by Crippen LogP contribution is 2.20. The molecule has 1 aromatic rings. The summed E-state index contributed by atoms with van der Waals surface area (Å²) in [4.78, 5) is 26.5. The lowest BCUT2D eigenvalue weighted by molar-refractivity contribution is -0.153. The fraction of sp³-hybridized carbons (Fsp3) is 0.529. The molecule has 1 unspecified atom stereocenters. The van der Waals surface area contributed by atoms with Gasteiger partial charge in [-0.3, -0.25) is 9.59 Å². The van der Waals surface area contributed by atoms with Gasteiger partial charge in [-0.1, -0.05) is 36.8 Å². The van der Waals surface area contributed by atoms with Crippen molar-refractivity contribution in [3.63, 3.8) is 0 Å². The fourth-order valence-corrected chi connectivity index (χ4v) is 2.87. The lowest BCUT2D eigenvalue weighted by Gasteiger charge is -2.42. The lowest BCUT2D eigenvalue weighted by atomic mass is 9.95. The maximum atomic E-state index is 12.6. The number of hydrogen-bond acceptors (Lipinski definition) is 2. The summed E-state index contributed by atoms with van der Waals surface area (Å²) in [6.45, 7) is 8.10. The second-order valence-corrected chi connectivity index (χ2v) is 6.28. The van der Waals surface area contributed by atoms with Gasteiger partial charge in [0.2, 0.25) is 11.8 Å². The second-order valence-electron chi connectivity index (χ2n) is 6.28. The van der Waals surface area contributed by atoms with E-state index in [2.05, 4.69) is 30.4 Å². The molecule has 21 heavy (non-hydrogen) atoms. The Kier molecular flexibility index (Phi) is 4.35. The van der Waals surface area contributed by atoms with Gasteiger partial charge in [0.15, 0.2) is 0 Å². The Hall–Kier alpha value is -1.84. The van der Waals surface area contributed by atoms with Gasteiger partial charge in [-0.05, 0) is 39.2 Å². The van der Waals surface area contributed by atoms with Crippen molar-refractivity contribution in [1.82, 2.24) is 10.2 Å². The number of nitrogens with zero attached hydrogens (tertiary/aromatic N) is 1. The summed E-state index contributed by atoms with van der Waals surface area (Å²) in [6.07, 6.45) is 1.41. The van der Waals surface area contributed by atoms with Crippen LogP contribution in [0.2, 0.25) is 0 Å². The van der Waals surface area contributed by atoms with Crippen LogP contribution in [0, 0.1) is 6.92 Å². The molecule has 2 rings (SSSR count). The number of amides is 2. The van der Waals surface area contributed by atoms with Crippen molar-refractivity contribution in [1.29, 1.82) is 0 Å². The molecule has 2 amide bonds. The molecule has 1 heterocycles. The van der Waals surface area contributed by atoms with Crippen molar-refractivity contribution in [2.75, 3.05) is 6.54 Å². The van der Waals surface area contributed by atoms with Crippen molar-refractivity contribution < 1.29 is 9.59 Å². The minimum atomic E-state index is -0.810. The van der Waals surface area contributed by atoms with Crippen LogP contribution in [0.25, 0.3) is 0 Å². The van der Waals surface area contributed by atoms with Crippen LogP contribution in [0.4, 0.5) is 0 Å². The Balaban J connectivity index is 2.14. The van der Waals surface area contributed by atoms with Crippen molar-refractivity contribution in [3.05, 3.63) is 35.4 Å². The predicted octanol–water partition coefficient (Wildman–Crippen LogP) is 2.05. The molecule has 1 atom stereocenters. The molecule has 0 radical (unpaired) electrons. The highest BCUT2D eigenvalue weighted by molar-refractivity contribution is 5.99. The lowest BCUT2D eigenvalue weighted by Crippen LogP contribution is -2.68. The minimum Gasteiger partial charge on any atom is -0.340 e. The van der Waals surface area contributed by atoms with E-state index < -0.39 is 5.54 Å². The minimum absolute atomic E-state index is 0.00148. The van der Waals surface area contributed by atoms with Crippen LogP contribution in [0.5, 0.6) is 0 Å². The number of hydrogen-bond donors (Lipinski definition) is 1. The molecule has 0 aromatic heterocycles. The maximum absolute atomic E-state index is 12.6. The third-order valence-electron chi connectivity index (χ3n) is 4.02. The van der Waals surface area contributed by atoms with E-state index in [1.54, 1.807) is 18.7 Å². The van der Waals surface area contributed by atoms with Gasteiger partial charge in [-0.2, -0.15) is 0 Å². The van der Waals surface area contributed by atoms with E-state index >= 15 is 0 Å². The van der Waals surface area contributed by atoms with Gasteiger partial charge in [-0.15, -0.1) is 0 Å². The first-order chi connectivity index (χ1) is 9.85. The van der Waals surface area contributed by atoms with E-state index in [1.165, 1.54) is 11.1 Å². The fourth-order valence-electron chi connectivity index (χ4n) is 2.87. The average Bonchev–Trinajstić information content (AvgIpc) is 2.41. The molecule has 1 aromatic carbocycles. The van der Waals surface area contributed by atoms with E-state index in [4.69, 9.17) is 0 Å². The Morgan fingerprint density at radius 1 is 1.29 bits per heavy atom. The number of nitrogens with one attached hydrogen (secondary N) is 1. The molecule has 0 saturated carbocycles. The molecule has 1 aliphatic heterocycles. The Bertz CT molecular complexity index is 551. The third-order valence-corrected chi connectivity index (χ3v) is 4.02. The number of benzene rings is 1. The smallest absolute Gasteiger partial charge is 0.248 e. The van der Waals surface area contributed by atoms with Crippen molar-refractivity contribution in [2.24, 2.45) is 0 Å². The monoisotopic (exact) mass is 288 g/mol. The van der Waals surface area contributed by atoms with Gasteiger partial charge < -0.3 is 10.2 Å². The molecule has 1 N–H and O–H groups in total. The number of carbonyl (C=O) groups excluding carboxylic acids is 2. The molecule has 114 valence electrons. The highest BCUT2D eigenvalue weighted by Gasteiger charge is 2.44. The summed E-state index contributed by atoms with van der Waals surface area (Å²) in [6, 6.07) is 7.92. The summed E-state index contributed by atoms with van der Waals surface area (Å²) < 4.78 is 0. The van der Waals surface area contributed by atoms with Gasteiger partial charge >= 0.3 is 0 Å². The standard InChI is InChI=1S/C17H24N2O2/c1-5-14-15(20)18-17(3,4)16(21)19(14)10-9-13-8-6-7-12(2)11-13/h6-8,11,14H,5,9-10H2,1-4H3,(H,18,20). The molecule has 0 bridgehead atoms. The molecule has 0 aliphatic carbocycles. The van der Waals surface area contributed by atoms with Crippen LogP contribution < -0.4 is 5.32 Å². The number of carbonyl (C=O) groups is 2. The van der Waals surface area contributed by atoms with Crippen LogP contribution in [0.15, 0.2) is 24.3 Å². The van der Waals surface area contributed by atoms with Crippen molar-refractivity contribution in [2.45, 2.75) is 52.1 Å². The SMILES string of the molecule is CCC1C(=O)NC(C)(C)C(=O)N1CCc1cccc(C)c1. The second kappa shape index (κ2) is 5.88. The molecular formula is C17H24N2O2.